The molecule has 0 aliphatic carbocycles. The fourth-order valence-corrected chi connectivity index (χ4v) is 1.93. The van der Waals surface area contributed by atoms with Gasteiger partial charge in [-0.05, 0) is 5.56 Å². The third-order valence-electron chi connectivity index (χ3n) is 2.83. The molecule has 0 aliphatic heterocycles. The van der Waals surface area contributed by atoms with Crippen LogP contribution in [0.15, 0.2) is 55.1 Å². The van der Waals surface area contributed by atoms with E-state index in [-0.39, 0.29) is 5.78 Å². The van der Waals surface area contributed by atoms with Crippen molar-refractivity contribution in [1.29, 1.82) is 0 Å². The zero-order valence-electron chi connectivity index (χ0n) is 9.65. The van der Waals surface area contributed by atoms with Crippen molar-refractivity contribution < 1.29 is 4.79 Å². The van der Waals surface area contributed by atoms with Crippen LogP contribution in [-0.2, 0) is 6.42 Å². The molecule has 18 heavy (non-hydrogen) atoms. The Kier molecular flexibility index (Phi) is 2.61. The molecule has 0 fully saturated rings. The summed E-state index contributed by atoms with van der Waals surface area (Å²) in [7, 11) is 0. The predicted octanol–water partition coefficient (Wildman–Crippen LogP) is 2.15. The Balaban J connectivity index is 1.93. The summed E-state index contributed by atoms with van der Waals surface area (Å²) in [6.07, 6.45) is 7.02. The highest BCUT2D eigenvalue weighted by Crippen LogP contribution is 2.12. The van der Waals surface area contributed by atoms with Gasteiger partial charge in [-0.15, -0.1) is 0 Å². The van der Waals surface area contributed by atoms with Gasteiger partial charge in [-0.1, -0.05) is 30.3 Å². The van der Waals surface area contributed by atoms with Crippen molar-refractivity contribution in [2.45, 2.75) is 6.42 Å². The van der Waals surface area contributed by atoms with E-state index in [2.05, 4.69) is 10.1 Å². The number of rotatable bonds is 3. The van der Waals surface area contributed by atoms with E-state index in [0.717, 1.165) is 11.1 Å². The standard InChI is InChI=1S/C14H11N3O/c18-14(8-11-4-2-1-3-5-11)12-9-16-17-7-6-15-10-13(12)17/h1-7,9-10H,8H2. The molecule has 0 bridgehead atoms. The van der Waals surface area contributed by atoms with Crippen LogP contribution in [0.5, 0.6) is 0 Å². The summed E-state index contributed by atoms with van der Waals surface area (Å²) >= 11 is 0. The summed E-state index contributed by atoms with van der Waals surface area (Å²) in [6.45, 7) is 0. The van der Waals surface area contributed by atoms with Crippen molar-refractivity contribution in [2.75, 3.05) is 0 Å². The van der Waals surface area contributed by atoms with Crippen LogP contribution in [0.1, 0.15) is 15.9 Å². The first-order valence-corrected chi connectivity index (χ1v) is 5.69. The lowest BCUT2D eigenvalue weighted by atomic mass is 10.0. The number of hydrogen-bond acceptors (Lipinski definition) is 3. The van der Waals surface area contributed by atoms with Gasteiger partial charge < -0.3 is 0 Å². The van der Waals surface area contributed by atoms with E-state index >= 15 is 0 Å². The first kappa shape index (κ1) is 10.7. The van der Waals surface area contributed by atoms with Gasteiger partial charge in [-0.25, -0.2) is 4.52 Å². The zero-order chi connectivity index (χ0) is 12.4. The predicted molar refractivity (Wildman–Crippen MR) is 67.5 cm³/mol. The number of Topliss-reactive ketones (excluding diaryl/α,β-unsaturated/α-hetero) is 1. The molecule has 0 aliphatic rings. The van der Waals surface area contributed by atoms with Crippen LogP contribution in [0.25, 0.3) is 5.52 Å². The molecule has 3 rings (SSSR count). The number of hydrogen-bond donors (Lipinski definition) is 0. The molecule has 2 heterocycles. The second-order valence-corrected chi connectivity index (χ2v) is 4.05. The Labute approximate surface area is 104 Å². The minimum absolute atomic E-state index is 0.0594. The Bertz CT molecular complexity index is 688. The van der Waals surface area contributed by atoms with Crippen LogP contribution >= 0.6 is 0 Å². The number of fused-ring (bicyclic) bond motifs is 1. The summed E-state index contributed by atoms with van der Waals surface area (Å²) in [4.78, 5) is 16.2. The zero-order valence-corrected chi connectivity index (χ0v) is 9.65. The van der Waals surface area contributed by atoms with Crippen LogP contribution < -0.4 is 0 Å². The quantitative estimate of drug-likeness (QED) is 0.656. The van der Waals surface area contributed by atoms with E-state index in [1.807, 2.05) is 30.3 Å². The molecule has 1 aromatic carbocycles. The molecule has 0 amide bonds. The molecule has 0 saturated carbocycles. The molecular weight excluding hydrogens is 226 g/mol. The molecule has 4 nitrogen and oxygen atoms in total. The maximum absolute atomic E-state index is 12.2. The van der Waals surface area contributed by atoms with Crippen molar-refractivity contribution in [3.63, 3.8) is 0 Å². The van der Waals surface area contributed by atoms with E-state index in [4.69, 9.17) is 0 Å². The van der Waals surface area contributed by atoms with Gasteiger partial charge >= 0.3 is 0 Å². The van der Waals surface area contributed by atoms with E-state index in [1.165, 1.54) is 0 Å². The first-order valence-electron chi connectivity index (χ1n) is 5.69. The van der Waals surface area contributed by atoms with Crippen LogP contribution in [0.2, 0.25) is 0 Å². The van der Waals surface area contributed by atoms with Gasteiger partial charge in [0, 0.05) is 18.8 Å². The SMILES string of the molecule is O=C(Cc1ccccc1)c1cnn2ccncc12. The normalized spacial score (nSPS) is 10.7. The lowest BCUT2D eigenvalue weighted by Gasteiger charge is -1.99. The van der Waals surface area contributed by atoms with Gasteiger partial charge in [-0.3, -0.25) is 9.78 Å². The Morgan fingerprint density at radius 2 is 2.00 bits per heavy atom. The summed E-state index contributed by atoms with van der Waals surface area (Å²) < 4.78 is 1.66. The van der Waals surface area contributed by atoms with Crippen LogP contribution in [0.4, 0.5) is 0 Å². The molecule has 4 heteroatoms. The second kappa shape index (κ2) is 4.41. The van der Waals surface area contributed by atoms with Gasteiger partial charge in [0.2, 0.25) is 0 Å². The summed E-state index contributed by atoms with van der Waals surface area (Å²) in [5, 5.41) is 4.14. The number of benzene rings is 1. The molecule has 0 radical (unpaired) electrons. The Hall–Kier alpha value is -2.49. The molecule has 88 valence electrons. The molecule has 2 aromatic heterocycles. The number of nitrogens with zero attached hydrogens (tertiary/aromatic N) is 3. The smallest absolute Gasteiger partial charge is 0.171 e. The molecule has 0 atom stereocenters. The van der Waals surface area contributed by atoms with E-state index < -0.39 is 0 Å². The average Bonchev–Trinajstić information content (AvgIpc) is 2.84. The number of ketones is 1. The maximum Gasteiger partial charge on any atom is 0.171 e. The van der Waals surface area contributed by atoms with Crippen molar-refractivity contribution in [3.05, 3.63) is 66.2 Å². The summed E-state index contributed by atoms with van der Waals surface area (Å²) in [5.41, 5.74) is 2.37. The van der Waals surface area contributed by atoms with E-state index in [1.54, 1.807) is 29.3 Å². The maximum atomic E-state index is 12.2. The van der Waals surface area contributed by atoms with Crippen molar-refractivity contribution in [2.24, 2.45) is 0 Å². The molecule has 0 saturated heterocycles. The monoisotopic (exact) mass is 237 g/mol. The molecular formula is C14H11N3O. The Morgan fingerprint density at radius 3 is 2.83 bits per heavy atom. The molecule has 0 N–H and O–H groups in total. The van der Waals surface area contributed by atoms with Gasteiger partial charge in [0.25, 0.3) is 0 Å². The third kappa shape index (κ3) is 1.88. The Morgan fingerprint density at radius 1 is 1.17 bits per heavy atom. The van der Waals surface area contributed by atoms with Crippen molar-refractivity contribution >= 4 is 11.3 Å². The fraction of sp³-hybridized carbons (Fsp3) is 0.0714. The molecule has 3 aromatic rings. The minimum atomic E-state index is 0.0594. The van der Waals surface area contributed by atoms with Gasteiger partial charge in [0.15, 0.2) is 5.78 Å². The van der Waals surface area contributed by atoms with E-state index in [9.17, 15) is 4.79 Å². The highest BCUT2D eigenvalue weighted by molar-refractivity contribution is 6.03. The largest absolute Gasteiger partial charge is 0.294 e. The topological polar surface area (TPSA) is 47.3 Å². The molecule has 0 unspecified atom stereocenters. The van der Waals surface area contributed by atoms with Crippen molar-refractivity contribution in [3.8, 4) is 0 Å². The summed E-state index contributed by atoms with van der Waals surface area (Å²) in [5.74, 6) is 0.0594. The van der Waals surface area contributed by atoms with Gasteiger partial charge in [0.05, 0.1) is 23.5 Å². The number of carbonyl (C=O) groups excluding carboxylic acids is 1. The third-order valence-corrected chi connectivity index (χ3v) is 2.83. The van der Waals surface area contributed by atoms with Crippen LogP contribution in [-0.4, -0.2) is 20.4 Å². The van der Waals surface area contributed by atoms with Gasteiger partial charge in [0.1, 0.15) is 0 Å². The van der Waals surface area contributed by atoms with E-state index in [0.29, 0.717) is 12.0 Å². The average molecular weight is 237 g/mol. The van der Waals surface area contributed by atoms with Gasteiger partial charge in [-0.2, -0.15) is 5.10 Å². The molecule has 0 spiro atoms. The second-order valence-electron chi connectivity index (χ2n) is 4.05. The van der Waals surface area contributed by atoms with Crippen LogP contribution in [0, 0.1) is 0 Å². The van der Waals surface area contributed by atoms with Crippen molar-refractivity contribution in [1.82, 2.24) is 14.6 Å². The first-order chi connectivity index (χ1) is 8.84. The number of aromatic nitrogens is 3. The number of carbonyl (C=O) groups is 1. The lowest BCUT2D eigenvalue weighted by Crippen LogP contribution is -2.03. The lowest BCUT2D eigenvalue weighted by molar-refractivity contribution is 0.0994. The summed E-state index contributed by atoms with van der Waals surface area (Å²) in [6, 6.07) is 9.69. The highest BCUT2D eigenvalue weighted by atomic mass is 16.1. The fourth-order valence-electron chi connectivity index (χ4n) is 1.93. The minimum Gasteiger partial charge on any atom is -0.294 e. The van der Waals surface area contributed by atoms with Crippen LogP contribution in [0.3, 0.4) is 0 Å². The highest BCUT2D eigenvalue weighted by Gasteiger charge is 2.12.